The van der Waals surface area contributed by atoms with Crippen molar-refractivity contribution in [2.24, 2.45) is 0 Å². The van der Waals surface area contributed by atoms with E-state index in [1.165, 1.54) is 257 Å². The highest BCUT2D eigenvalue weighted by atomic mass is 16.7. The summed E-state index contributed by atoms with van der Waals surface area (Å²) in [5.74, 6) is -0.137. The summed E-state index contributed by atoms with van der Waals surface area (Å²) in [7, 11) is 0. The number of carbonyl (C=O) groups is 1. The first-order valence-electron chi connectivity index (χ1n) is 30.7. The van der Waals surface area contributed by atoms with E-state index in [2.05, 4.69) is 19.2 Å². The molecule has 69 heavy (non-hydrogen) atoms. The predicted octanol–water partition coefficient (Wildman–Crippen LogP) is 15.4. The SMILES string of the molecule is CCCCCCCCCCCCCCCCCCCCCCCCCCCCCCCCC(O)C(COC1OC(CO)C(O)C(O)C1O)NC(=O)CCCCCCCCCCCCCCCCCC. The fourth-order valence-corrected chi connectivity index (χ4v) is 10.3. The van der Waals surface area contributed by atoms with Gasteiger partial charge in [0.25, 0.3) is 0 Å². The first kappa shape index (κ1) is 66.2. The Balaban J connectivity index is 2.12. The minimum atomic E-state index is -1.55. The molecule has 1 saturated heterocycles. The number of ether oxygens (including phenoxy) is 2. The van der Waals surface area contributed by atoms with Crippen LogP contribution >= 0.6 is 0 Å². The van der Waals surface area contributed by atoms with Crippen LogP contribution in [-0.2, 0) is 14.3 Å². The first-order valence-corrected chi connectivity index (χ1v) is 30.7. The van der Waals surface area contributed by atoms with Gasteiger partial charge in [0.05, 0.1) is 25.4 Å². The Labute approximate surface area is 427 Å². The third-order valence-electron chi connectivity index (χ3n) is 15.2. The van der Waals surface area contributed by atoms with Crippen molar-refractivity contribution in [3.8, 4) is 0 Å². The van der Waals surface area contributed by atoms with Crippen LogP contribution in [-0.4, -0.2) is 87.5 Å². The van der Waals surface area contributed by atoms with E-state index in [1.807, 2.05) is 0 Å². The predicted molar refractivity (Wildman–Crippen MR) is 291 cm³/mol. The number of hydrogen-bond acceptors (Lipinski definition) is 8. The van der Waals surface area contributed by atoms with E-state index in [9.17, 15) is 30.3 Å². The lowest BCUT2D eigenvalue weighted by Gasteiger charge is -2.40. The second-order valence-corrected chi connectivity index (χ2v) is 21.9. The molecular weight excluding hydrogens is 863 g/mol. The zero-order valence-corrected chi connectivity index (χ0v) is 45.9. The summed E-state index contributed by atoms with van der Waals surface area (Å²) in [5.41, 5.74) is 0. The molecule has 0 aliphatic carbocycles. The highest BCUT2D eigenvalue weighted by Gasteiger charge is 2.44. The number of aliphatic hydroxyl groups excluding tert-OH is 5. The zero-order chi connectivity index (χ0) is 50.1. The summed E-state index contributed by atoms with van der Waals surface area (Å²) in [6.45, 7) is 3.89. The van der Waals surface area contributed by atoms with Crippen molar-refractivity contribution in [3.63, 3.8) is 0 Å². The fourth-order valence-electron chi connectivity index (χ4n) is 10.3. The molecule has 6 N–H and O–H groups in total. The van der Waals surface area contributed by atoms with Crippen LogP contribution in [0.25, 0.3) is 0 Å². The van der Waals surface area contributed by atoms with Gasteiger partial charge in [-0.1, -0.05) is 303 Å². The van der Waals surface area contributed by atoms with E-state index in [-0.39, 0.29) is 12.5 Å². The molecule has 0 radical (unpaired) electrons. The normalized spacial score (nSPS) is 19.3. The van der Waals surface area contributed by atoms with Crippen molar-refractivity contribution in [1.82, 2.24) is 5.32 Å². The minimum absolute atomic E-state index is 0.131. The van der Waals surface area contributed by atoms with Gasteiger partial charge in [0.15, 0.2) is 6.29 Å². The third-order valence-corrected chi connectivity index (χ3v) is 15.2. The number of nitrogens with one attached hydrogen (secondary N) is 1. The summed E-state index contributed by atoms with van der Waals surface area (Å²) >= 11 is 0. The molecule has 7 unspecified atom stereocenters. The van der Waals surface area contributed by atoms with Gasteiger partial charge in [-0.05, 0) is 12.8 Å². The molecule has 1 rings (SSSR count). The van der Waals surface area contributed by atoms with E-state index in [1.54, 1.807) is 0 Å². The van der Waals surface area contributed by atoms with Crippen molar-refractivity contribution in [3.05, 3.63) is 0 Å². The number of aliphatic hydroxyl groups is 5. The Morgan fingerprint density at radius 3 is 1.03 bits per heavy atom. The standard InChI is InChI=1S/C60H119NO8/c1-3-5-7-9-11-13-15-17-19-21-22-23-24-25-26-27-28-29-30-31-32-33-34-35-37-39-41-43-45-47-49-54(63)53(52-68-60-59(67)58(66)57(65)55(51-62)69-60)61-56(64)50-48-46-44-42-40-38-36-20-18-16-14-12-10-8-6-4-2/h53-55,57-60,62-63,65-67H,3-52H2,1-2H3,(H,61,64). The van der Waals surface area contributed by atoms with Gasteiger partial charge >= 0.3 is 0 Å². The number of unbranched alkanes of at least 4 members (excludes halogenated alkanes) is 44. The molecule has 0 aromatic rings. The average Bonchev–Trinajstić information content (AvgIpc) is 3.35. The number of rotatable bonds is 54. The summed E-state index contributed by atoms with van der Waals surface area (Å²) in [6, 6.07) is -0.713. The van der Waals surface area contributed by atoms with Crippen molar-refractivity contribution in [2.45, 2.75) is 365 Å². The lowest BCUT2D eigenvalue weighted by Crippen LogP contribution is -2.60. The molecule has 1 amide bonds. The molecule has 1 aliphatic heterocycles. The second-order valence-electron chi connectivity index (χ2n) is 21.9. The van der Waals surface area contributed by atoms with Crippen LogP contribution in [0.4, 0.5) is 0 Å². The molecule has 0 saturated carbocycles. The summed E-state index contributed by atoms with van der Waals surface area (Å²) in [5, 5.41) is 54.7. The lowest BCUT2D eigenvalue weighted by molar-refractivity contribution is -0.302. The van der Waals surface area contributed by atoms with E-state index < -0.39 is 49.5 Å². The molecule has 0 bridgehead atoms. The molecule has 1 fully saturated rings. The molecule has 0 spiro atoms. The summed E-state index contributed by atoms with van der Waals surface area (Å²) in [6.07, 6.45) is 54.4. The van der Waals surface area contributed by atoms with Crippen LogP contribution in [0.5, 0.6) is 0 Å². The Kier molecular flexibility index (Phi) is 48.7. The van der Waals surface area contributed by atoms with Crippen molar-refractivity contribution in [1.29, 1.82) is 0 Å². The van der Waals surface area contributed by atoms with Gasteiger partial charge in [-0.25, -0.2) is 0 Å². The smallest absolute Gasteiger partial charge is 0.220 e. The van der Waals surface area contributed by atoms with Crippen molar-refractivity contribution in [2.75, 3.05) is 13.2 Å². The van der Waals surface area contributed by atoms with Gasteiger partial charge in [-0.2, -0.15) is 0 Å². The van der Waals surface area contributed by atoms with Crippen LogP contribution in [0.15, 0.2) is 0 Å². The van der Waals surface area contributed by atoms with Crippen LogP contribution < -0.4 is 5.32 Å². The van der Waals surface area contributed by atoms with Crippen LogP contribution in [0.3, 0.4) is 0 Å². The Morgan fingerprint density at radius 1 is 0.435 bits per heavy atom. The summed E-state index contributed by atoms with van der Waals surface area (Å²) < 4.78 is 11.3. The van der Waals surface area contributed by atoms with E-state index in [0.717, 1.165) is 38.5 Å². The van der Waals surface area contributed by atoms with E-state index in [4.69, 9.17) is 9.47 Å². The topological polar surface area (TPSA) is 149 Å². The minimum Gasteiger partial charge on any atom is -0.394 e. The van der Waals surface area contributed by atoms with Gasteiger partial charge in [-0.3, -0.25) is 4.79 Å². The van der Waals surface area contributed by atoms with Gasteiger partial charge in [0.1, 0.15) is 24.4 Å². The average molecular weight is 983 g/mol. The fraction of sp³-hybridized carbons (Fsp3) is 0.983. The summed E-state index contributed by atoms with van der Waals surface area (Å²) in [4.78, 5) is 13.1. The Morgan fingerprint density at radius 2 is 0.725 bits per heavy atom. The molecule has 412 valence electrons. The maximum absolute atomic E-state index is 13.1. The van der Waals surface area contributed by atoms with Gasteiger partial charge in [0.2, 0.25) is 5.91 Å². The molecule has 0 aromatic carbocycles. The Bertz CT molecular complexity index is 1050. The first-order chi connectivity index (χ1) is 33.8. The lowest BCUT2D eigenvalue weighted by atomic mass is 9.99. The Hall–Kier alpha value is -0.810. The van der Waals surface area contributed by atoms with Crippen LogP contribution in [0.1, 0.15) is 322 Å². The second kappa shape index (κ2) is 50.7. The maximum Gasteiger partial charge on any atom is 0.220 e. The molecule has 7 atom stereocenters. The van der Waals surface area contributed by atoms with Gasteiger partial charge in [-0.15, -0.1) is 0 Å². The highest BCUT2D eigenvalue weighted by Crippen LogP contribution is 2.24. The molecule has 1 heterocycles. The molecule has 9 nitrogen and oxygen atoms in total. The molecular formula is C60H119NO8. The van der Waals surface area contributed by atoms with Gasteiger partial charge < -0.3 is 40.3 Å². The monoisotopic (exact) mass is 982 g/mol. The van der Waals surface area contributed by atoms with Crippen molar-refractivity contribution < 1.29 is 39.8 Å². The zero-order valence-electron chi connectivity index (χ0n) is 45.9. The maximum atomic E-state index is 13.1. The van der Waals surface area contributed by atoms with Gasteiger partial charge in [0, 0.05) is 6.42 Å². The number of carbonyl (C=O) groups excluding carboxylic acids is 1. The third kappa shape index (κ3) is 40.3. The van der Waals surface area contributed by atoms with Crippen LogP contribution in [0.2, 0.25) is 0 Å². The molecule has 0 aromatic heterocycles. The molecule has 1 aliphatic rings. The van der Waals surface area contributed by atoms with E-state index in [0.29, 0.717) is 12.8 Å². The number of amides is 1. The highest BCUT2D eigenvalue weighted by molar-refractivity contribution is 5.76. The molecule has 9 heteroatoms. The number of hydrogen-bond donors (Lipinski definition) is 6. The van der Waals surface area contributed by atoms with E-state index >= 15 is 0 Å². The van der Waals surface area contributed by atoms with Crippen molar-refractivity contribution >= 4 is 5.91 Å². The largest absolute Gasteiger partial charge is 0.394 e. The van der Waals surface area contributed by atoms with Crippen LogP contribution in [0, 0.1) is 0 Å². The quantitative estimate of drug-likeness (QED) is 0.0330.